The van der Waals surface area contributed by atoms with Crippen LogP contribution in [0.4, 0.5) is 5.69 Å². The van der Waals surface area contributed by atoms with Crippen LogP contribution in [0.15, 0.2) is 97.5 Å². The molecule has 3 heterocycles. The maximum atomic E-state index is 13.1. The molecule has 0 unspecified atom stereocenters. The number of anilines is 1. The van der Waals surface area contributed by atoms with Crippen LogP contribution < -0.4 is 14.8 Å². The molecule has 0 aliphatic heterocycles. The summed E-state index contributed by atoms with van der Waals surface area (Å²) in [6.07, 6.45) is 5.61. The summed E-state index contributed by atoms with van der Waals surface area (Å²) in [5, 5.41) is 2.93. The molecule has 0 bridgehead atoms. The summed E-state index contributed by atoms with van der Waals surface area (Å²) < 4.78 is 13.8. The Morgan fingerprint density at radius 2 is 1.77 bits per heavy atom. The number of hydrogen-bond acceptors (Lipinski definition) is 5. The highest BCUT2D eigenvalue weighted by atomic mass is 16.5. The second-order valence-corrected chi connectivity index (χ2v) is 8.03. The largest absolute Gasteiger partial charge is 0.487 e. The van der Waals surface area contributed by atoms with E-state index in [-0.39, 0.29) is 12.5 Å². The van der Waals surface area contributed by atoms with Gasteiger partial charge in [0.25, 0.3) is 5.91 Å². The number of imidazole rings is 1. The first-order chi connectivity index (χ1) is 17.2. The lowest BCUT2D eigenvalue weighted by Gasteiger charge is -2.12. The number of aryl methyl sites for hydroxylation is 1. The molecule has 0 fully saturated rings. The minimum Gasteiger partial charge on any atom is -0.487 e. The Morgan fingerprint density at radius 3 is 2.63 bits per heavy atom. The number of nitrogens with zero attached hydrogens (tertiary/aromatic N) is 3. The van der Waals surface area contributed by atoms with Gasteiger partial charge in [-0.1, -0.05) is 30.3 Å². The second kappa shape index (κ2) is 10.1. The Balaban J connectivity index is 1.26. The average Bonchev–Trinajstić information content (AvgIpc) is 3.32. The number of nitrogens with one attached hydrogen (secondary N) is 1. The number of carbonyl (C=O) groups excluding carboxylic acids is 1. The molecule has 0 spiro atoms. The Bertz CT molecular complexity index is 1460. The van der Waals surface area contributed by atoms with Crippen molar-refractivity contribution < 1.29 is 14.3 Å². The molecule has 7 nitrogen and oxygen atoms in total. The maximum Gasteiger partial charge on any atom is 0.259 e. The lowest BCUT2D eigenvalue weighted by Crippen LogP contribution is -2.13. The maximum absolute atomic E-state index is 13.1. The van der Waals surface area contributed by atoms with Gasteiger partial charge in [-0.3, -0.25) is 9.78 Å². The molecule has 0 aliphatic rings. The van der Waals surface area contributed by atoms with Crippen LogP contribution in [0.2, 0.25) is 0 Å². The van der Waals surface area contributed by atoms with Gasteiger partial charge >= 0.3 is 0 Å². The van der Waals surface area contributed by atoms with Crippen LogP contribution in [-0.2, 0) is 13.2 Å². The fourth-order valence-electron chi connectivity index (χ4n) is 3.71. The molecule has 5 rings (SSSR count). The van der Waals surface area contributed by atoms with E-state index in [4.69, 9.17) is 9.47 Å². The first kappa shape index (κ1) is 22.2. The monoisotopic (exact) mass is 464 g/mol. The van der Waals surface area contributed by atoms with Gasteiger partial charge in [0.05, 0.1) is 17.0 Å². The van der Waals surface area contributed by atoms with Gasteiger partial charge < -0.3 is 19.2 Å². The van der Waals surface area contributed by atoms with Crippen molar-refractivity contribution in [2.24, 2.45) is 0 Å². The van der Waals surface area contributed by atoms with Crippen LogP contribution in [0, 0.1) is 6.92 Å². The Kier molecular flexibility index (Phi) is 6.39. The third kappa shape index (κ3) is 5.30. The van der Waals surface area contributed by atoms with Crippen molar-refractivity contribution in [1.29, 1.82) is 0 Å². The minimum atomic E-state index is -0.270. The van der Waals surface area contributed by atoms with E-state index in [2.05, 4.69) is 15.3 Å². The fourth-order valence-corrected chi connectivity index (χ4v) is 3.71. The van der Waals surface area contributed by atoms with E-state index in [1.54, 1.807) is 24.4 Å². The fraction of sp³-hybridized carbons (Fsp3) is 0.107. The van der Waals surface area contributed by atoms with Crippen LogP contribution in [-0.4, -0.2) is 20.3 Å². The van der Waals surface area contributed by atoms with Crippen LogP contribution >= 0.6 is 0 Å². The van der Waals surface area contributed by atoms with Gasteiger partial charge in [0.2, 0.25) is 0 Å². The number of amides is 1. The van der Waals surface area contributed by atoms with Crippen LogP contribution in [0.5, 0.6) is 11.5 Å². The Morgan fingerprint density at radius 1 is 0.914 bits per heavy atom. The quantitative estimate of drug-likeness (QED) is 0.331. The Hall–Kier alpha value is -4.65. The first-order valence-electron chi connectivity index (χ1n) is 11.2. The standard InChI is InChI=1S/C28H24N4O3/c1-20-8-7-15-32-17-23(30-27(20)32)19-35-26-13-3-2-12-25(26)28(33)31-21-10-6-11-24(16-21)34-18-22-9-4-5-14-29-22/h2-17H,18-19H2,1H3,(H,31,33). The van der Waals surface area contributed by atoms with E-state index in [1.165, 1.54) is 0 Å². The van der Waals surface area contributed by atoms with Gasteiger partial charge in [0.1, 0.15) is 30.4 Å². The number of carbonyl (C=O) groups is 1. The van der Waals surface area contributed by atoms with Crippen molar-refractivity contribution in [1.82, 2.24) is 14.4 Å². The van der Waals surface area contributed by atoms with Gasteiger partial charge in [-0.25, -0.2) is 4.98 Å². The molecule has 174 valence electrons. The van der Waals surface area contributed by atoms with Gasteiger partial charge in [-0.15, -0.1) is 0 Å². The molecule has 3 aromatic heterocycles. The zero-order valence-electron chi connectivity index (χ0n) is 19.2. The summed E-state index contributed by atoms with van der Waals surface area (Å²) in [5.74, 6) is 0.856. The van der Waals surface area contributed by atoms with E-state index in [9.17, 15) is 4.79 Å². The van der Waals surface area contributed by atoms with E-state index < -0.39 is 0 Å². The SMILES string of the molecule is Cc1cccn2cc(COc3ccccc3C(=O)Nc3cccc(OCc4ccccn4)c3)nc12. The molecule has 1 amide bonds. The third-order valence-corrected chi connectivity index (χ3v) is 5.44. The number of para-hydroxylation sites is 1. The highest BCUT2D eigenvalue weighted by Gasteiger charge is 2.14. The van der Waals surface area contributed by atoms with Crippen molar-refractivity contribution in [3.8, 4) is 11.5 Å². The highest BCUT2D eigenvalue weighted by Crippen LogP contribution is 2.23. The molecular formula is C28H24N4O3. The van der Waals surface area contributed by atoms with Crippen LogP contribution in [0.3, 0.4) is 0 Å². The van der Waals surface area contributed by atoms with E-state index in [1.807, 2.05) is 84.4 Å². The summed E-state index contributed by atoms with van der Waals surface area (Å²) in [7, 11) is 0. The normalized spacial score (nSPS) is 10.8. The molecule has 1 N–H and O–H groups in total. The predicted molar refractivity (Wildman–Crippen MR) is 134 cm³/mol. The van der Waals surface area contributed by atoms with Gasteiger partial charge in [-0.05, 0) is 55.0 Å². The summed E-state index contributed by atoms with van der Waals surface area (Å²) in [5.41, 5.74) is 4.65. The van der Waals surface area contributed by atoms with Gasteiger partial charge in [0, 0.05) is 30.3 Å². The summed E-state index contributed by atoms with van der Waals surface area (Å²) in [4.78, 5) is 22.0. The molecule has 0 radical (unpaired) electrons. The van der Waals surface area contributed by atoms with Gasteiger partial charge in [0.15, 0.2) is 0 Å². The average molecular weight is 465 g/mol. The molecular weight excluding hydrogens is 440 g/mol. The lowest BCUT2D eigenvalue weighted by atomic mass is 10.2. The predicted octanol–water partition coefficient (Wildman–Crippen LogP) is 5.45. The zero-order valence-corrected chi connectivity index (χ0v) is 19.2. The highest BCUT2D eigenvalue weighted by molar-refractivity contribution is 6.06. The molecule has 2 aromatic carbocycles. The molecule has 0 saturated carbocycles. The number of benzene rings is 2. The molecule has 7 heteroatoms. The topological polar surface area (TPSA) is 77.8 Å². The van der Waals surface area contributed by atoms with E-state index in [0.717, 1.165) is 22.6 Å². The lowest BCUT2D eigenvalue weighted by molar-refractivity contribution is 0.102. The van der Waals surface area contributed by atoms with E-state index >= 15 is 0 Å². The molecule has 0 atom stereocenters. The van der Waals surface area contributed by atoms with Crippen LogP contribution in [0.1, 0.15) is 27.3 Å². The number of fused-ring (bicyclic) bond motifs is 1. The third-order valence-electron chi connectivity index (χ3n) is 5.44. The number of hydrogen-bond donors (Lipinski definition) is 1. The number of aromatic nitrogens is 3. The van der Waals surface area contributed by atoms with Crippen LogP contribution in [0.25, 0.3) is 5.65 Å². The zero-order chi connectivity index (χ0) is 24.0. The van der Waals surface area contributed by atoms with Crippen molar-refractivity contribution in [2.45, 2.75) is 20.1 Å². The molecule has 0 aliphatic carbocycles. The van der Waals surface area contributed by atoms with E-state index in [0.29, 0.717) is 29.4 Å². The smallest absolute Gasteiger partial charge is 0.259 e. The van der Waals surface area contributed by atoms with Crippen molar-refractivity contribution in [2.75, 3.05) is 5.32 Å². The first-order valence-corrected chi connectivity index (χ1v) is 11.2. The van der Waals surface area contributed by atoms with Crippen molar-refractivity contribution in [3.05, 3.63) is 120 Å². The molecule has 5 aromatic rings. The summed E-state index contributed by atoms with van der Waals surface area (Å²) in [6.45, 7) is 2.62. The van der Waals surface area contributed by atoms with Gasteiger partial charge in [-0.2, -0.15) is 0 Å². The van der Waals surface area contributed by atoms with Crippen molar-refractivity contribution >= 4 is 17.2 Å². The second-order valence-electron chi connectivity index (χ2n) is 8.03. The molecule has 35 heavy (non-hydrogen) atoms. The Labute approximate surface area is 203 Å². The summed E-state index contributed by atoms with van der Waals surface area (Å²) >= 11 is 0. The van der Waals surface area contributed by atoms with Crippen molar-refractivity contribution in [3.63, 3.8) is 0 Å². The minimum absolute atomic E-state index is 0.252. The number of pyridine rings is 2. The summed E-state index contributed by atoms with van der Waals surface area (Å²) in [6, 6.07) is 24.1. The number of rotatable bonds is 8. The number of ether oxygens (including phenoxy) is 2. The molecule has 0 saturated heterocycles.